The van der Waals surface area contributed by atoms with E-state index in [0.29, 0.717) is 5.82 Å². The number of rotatable bonds is 1. The van der Waals surface area contributed by atoms with E-state index in [4.69, 9.17) is 5.73 Å². The predicted octanol–water partition coefficient (Wildman–Crippen LogP) is 2.69. The monoisotopic (exact) mass is 242 g/mol. The zero-order valence-electron chi connectivity index (χ0n) is 10.8. The normalized spacial score (nSPS) is 14.7. The molecule has 0 bridgehead atoms. The minimum absolute atomic E-state index is 0.654. The second-order valence-corrected chi connectivity index (χ2v) is 4.95. The van der Waals surface area contributed by atoms with Crippen LogP contribution in [0, 0.1) is 13.8 Å². The second kappa shape index (κ2) is 4.05. The van der Waals surface area contributed by atoms with Gasteiger partial charge in [-0.2, -0.15) is 0 Å². The molecule has 2 aromatic rings. The summed E-state index contributed by atoms with van der Waals surface area (Å²) in [6.07, 6.45) is 2.28. The van der Waals surface area contributed by atoms with Gasteiger partial charge in [0.2, 0.25) is 0 Å². The molecule has 0 spiro atoms. The molecule has 1 aromatic heterocycles. The fourth-order valence-corrected chi connectivity index (χ4v) is 2.65. The lowest BCUT2D eigenvalue weighted by Gasteiger charge is -2.30. The van der Waals surface area contributed by atoms with Crippen molar-refractivity contribution in [2.75, 3.05) is 17.2 Å². The van der Waals surface area contributed by atoms with E-state index in [9.17, 15) is 0 Å². The number of nitrogens with two attached hydrogens (primary N) is 1. The molecule has 18 heavy (non-hydrogen) atoms. The molecule has 2 heterocycles. The minimum Gasteiger partial charge on any atom is -0.382 e. The Bertz CT molecular complexity index is 585. The summed E-state index contributed by atoms with van der Waals surface area (Å²) in [5.74, 6) is 2.37. The maximum Gasteiger partial charge on any atom is 0.175 e. The van der Waals surface area contributed by atoms with E-state index < -0.39 is 0 Å². The van der Waals surface area contributed by atoms with Crippen LogP contribution < -0.4 is 10.6 Å². The van der Waals surface area contributed by atoms with Crippen molar-refractivity contribution in [2.24, 2.45) is 0 Å². The molecule has 0 saturated carbocycles. The molecule has 1 aliphatic rings. The molecule has 1 aromatic carbocycles. The van der Waals surface area contributed by atoms with Crippen molar-refractivity contribution in [3.63, 3.8) is 0 Å². The number of fused-ring (bicyclic) bond motifs is 1. The van der Waals surface area contributed by atoms with Crippen LogP contribution in [0.5, 0.6) is 0 Å². The number of anilines is 3. The first kappa shape index (κ1) is 11.1. The van der Waals surface area contributed by atoms with Gasteiger partial charge in [-0.3, -0.25) is 0 Å². The maximum atomic E-state index is 6.00. The molecular weight excluding hydrogens is 224 g/mol. The van der Waals surface area contributed by atoms with E-state index in [-0.39, 0.29) is 0 Å². The zero-order chi connectivity index (χ0) is 12.7. The Labute approximate surface area is 107 Å². The number of nitrogens with one attached hydrogen (secondary N) is 1. The number of aromatic nitrogens is 2. The van der Waals surface area contributed by atoms with Crippen molar-refractivity contribution in [3.8, 4) is 0 Å². The van der Waals surface area contributed by atoms with Gasteiger partial charge in [0.15, 0.2) is 5.82 Å². The summed E-state index contributed by atoms with van der Waals surface area (Å²) in [5.41, 5.74) is 9.94. The lowest BCUT2D eigenvalue weighted by atomic mass is 10.00. The number of hydrogen-bond donors (Lipinski definition) is 2. The van der Waals surface area contributed by atoms with Gasteiger partial charge in [0, 0.05) is 12.2 Å². The summed E-state index contributed by atoms with van der Waals surface area (Å²) >= 11 is 0. The number of nitrogens with zero attached hydrogens (tertiary/aromatic N) is 2. The number of benzene rings is 1. The van der Waals surface area contributed by atoms with Crippen LogP contribution in [-0.2, 0) is 6.42 Å². The SMILES string of the molecule is Cc1ccc2c(c1)CCCN2c1nc(C)[nH]c1N. The molecule has 0 radical (unpaired) electrons. The molecule has 0 unspecified atom stereocenters. The number of aromatic amines is 1. The van der Waals surface area contributed by atoms with Gasteiger partial charge in [0.05, 0.1) is 0 Å². The lowest BCUT2D eigenvalue weighted by Crippen LogP contribution is -2.25. The number of hydrogen-bond acceptors (Lipinski definition) is 3. The highest BCUT2D eigenvalue weighted by Crippen LogP contribution is 2.35. The maximum absolute atomic E-state index is 6.00. The van der Waals surface area contributed by atoms with Gasteiger partial charge in [0.1, 0.15) is 11.6 Å². The molecule has 1 aliphatic heterocycles. The fourth-order valence-electron chi connectivity index (χ4n) is 2.65. The van der Waals surface area contributed by atoms with E-state index in [1.54, 1.807) is 0 Å². The van der Waals surface area contributed by atoms with Gasteiger partial charge in [-0.25, -0.2) is 4.98 Å². The van der Waals surface area contributed by atoms with Crippen LogP contribution >= 0.6 is 0 Å². The Morgan fingerprint density at radius 2 is 2.17 bits per heavy atom. The van der Waals surface area contributed by atoms with Crippen LogP contribution in [0.3, 0.4) is 0 Å². The highest BCUT2D eigenvalue weighted by Gasteiger charge is 2.22. The number of nitrogen functional groups attached to an aromatic ring is 1. The Kier molecular flexibility index (Phi) is 2.51. The lowest BCUT2D eigenvalue weighted by molar-refractivity contribution is 0.760. The highest BCUT2D eigenvalue weighted by molar-refractivity contribution is 5.72. The molecule has 0 fully saturated rings. The third-order valence-electron chi connectivity index (χ3n) is 3.44. The third-order valence-corrected chi connectivity index (χ3v) is 3.44. The summed E-state index contributed by atoms with van der Waals surface area (Å²) in [4.78, 5) is 9.79. The molecule has 0 amide bonds. The van der Waals surface area contributed by atoms with Crippen LogP contribution in [0.4, 0.5) is 17.3 Å². The highest BCUT2D eigenvalue weighted by atomic mass is 15.2. The Hall–Kier alpha value is -1.97. The van der Waals surface area contributed by atoms with Crippen LogP contribution in [0.25, 0.3) is 0 Å². The number of H-pyrrole nitrogens is 1. The van der Waals surface area contributed by atoms with Crippen molar-refractivity contribution in [3.05, 3.63) is 35.2 Å². The Balaban J connectivity index is 2.08. The fraction of sp³-hybridized carbons (Fsp3) is 0.357. The van der Waals surface area contributed by atoms with Crippen molar-refractivity contribution in [1.82, 2.24) is 9.97 Å². The van der Waals surface area contributed by atoms with E-state index in [1.807, 2.05) is 6.92 Å². The van der Waals surface area contributed by atoms with Gasteiger partial charge in [-0.1, -0.05) is 17.7 Å². The average molecular weight is 242 g/mol. The quantitative estimate of drug-likeness (QED) is 0.808. The summed E-state index contributed by atoms with van der Waals surface area (Å²) in [6.45, 7) is 5.04. The van der Waals surface area contributed by atoms with Crippen molar-refractivity contribution in [2.45, 2.75) is 26.7 Å². The van der Waals surface area contributed by atoms with Gasteiger partial charge in [0.25, 0.3) is 0 Å². The first-order valence-electron chi connectivity index (χ1n) is 6.34. The van der Waals surface area contributed by atoms with Crippen LogP contribution in [-0.4, -0.2) is 16.5 Å². The topological polar surface area (TPSA) is 57.9 Å². The van der Waals surface area contributed by atoms with E-state index in [2.05, 4.69) is 40.0 Å². The molecule has 94 valence electrons. The summed E-state index contributed by atoms with van der Waals surface area (Å²) < 4.78 is 0. The van der Waals surface area contributed by atoms with Crippen LogP contribution in [0.1, 0.15) is 23.4 Å². The molecular formula is C14H18N4. The third kappa shape index (κ3) is 1.74. The average Bonchev–Trinajstić information content (AvgIpc) is 2.67. The van der Waals surface area contributed by atoms with Gasteiger partial charge in [-0.05, 0) is 38.3 Å². The number of aryl methyl sites for hydroxylation is 3. The molecule has 3 rings (SSSR count). The minimum atomic E-state index is 0.654. The molecule has 4 heteroatoms. The summed E-state index contributed by atoms with van der Waals surface area (Å²) in [6, 6.07) is 6.58. The number of imidazole rings is 1. The van der Waals surface area contributed by atoms with E-state index in [0.717, 1.165) is 31.0 Å². The molecule has 0 aliphatic carbocycles. The van der Waals surface area contributed by atoms with Crippen LogP contribution in [0.2, 0.25) is 0 Å². The Morgan fingerprint density at radius 1 is 1.33 bits per heavy atom. The smallest absolute Gasteiger partial charge is 0.175 e. The zero-order valence-corrected chi connectivity index (χ0v) is 10.8. The molecule has 4 nitrogen and oxygen atoms in total. The van der Waals surface area contributed by atoms with E-state index >= 15 is 0 Å². The van der Waals surface area contributed by atoms with Gasteiger partial charge < -0.3 is 15.6 Å². The summed E-state index contributed by atoms with van der Waals surface area (Å²) in [5, 5.41) is 0. The molecule has 0 atom stereocenters. The molecule has 0 saturated heterocycles. The van der Waals surface area contributed by atoms with Crippen molar-refractivity contribution >= 4 is 17.3 Å². The predicted molar refractivity (Wildman–Crippen MR) is 74.2 cm³/mol. The van der Waals surface area contributed by atoms with Crippen molar-refractivity contribution in [1.29, 1.82) is 0 Å². The van der Waals surface area contributed by atoms with E-state index in [1.165, 1.54) is 16.8 Å². The van der Waals surface area contributed by atoms with Gasteiger partial charge in [-0.15, -0.1) is 0 Å². The van der Waals surface area contributed by atoms with Crippen molar-refractivity contribution < 1.29 is 0 Å². The van der Waals surface area contributed by atoms with Gasteiger partial charge >= 0.3 is 0 Å². The second-order valence-electron chi connectivity index (χ2n) is 4.95. The van der Waals surface area contributed by atoms with Crippen LogP contribution in [0.15, 0.2) is 18.2 Å². The first-order chi connectivity index (χ1) is 8.65. The molecule has 3 N–H and O–H groups in total. The largest absolute Gasteiger partial charge is 0.382 e. The standard InChI is InChI=1S/C14H18N4/c1-9-5-6-12-11(8-9)4-3-7-18(12)14-13(15)16-10(2)17-14/h5-6,8H,3-4,7,15H2,1-2H3,(H,16,17). The Morgan fingerprint density at radius 3 is 2.89 bits per heavy atom. The first-order valence-corrected chi connectivity index (χ1v) is 6.34. The summed E-state index contributed by atoms with van der Waals surface area (Å²) in [7, 11) is 0.